The van der Waals surface area contributed by atoms with Gasteiger partial charge >= 0.3 is 6.18 Å². The van der Waals surface area contributed by atoms with Gasteiger partial charge in [0.15, 0.2) is 5.82 Å². The van der Waals surface area contributed by atoms with Gasteiger partial charge in [-0.05, 0) is 11.0 Å². The molecule has 10 heteroatoms. The molecular weight excluding hydrogens is 367 g/mol. The lowest BCUT2D eigenvalue weighted by atomic mass is 9.87. The molecule has 1 aromatic carbocycles. The summed E-state index contributed by atoms with van der Waals surface area (Å²) < 4.78 is 37.4. The predicted molar refractivity (Wildman–Crippen MR) is 94.1 cm³/mol. The lowest BCUT2D eigenvalue weighted by Gasteiger charge is -2.19. The zero-order valence-electron chi connectivity index (χ0n) is 14.6. The number of amides is 1. The zero-order valence-corrected chi connectivity index (χ0v) is 15.4. The molecule has 0 saturated carbocycles. The van der Waals surface area contributed by atoms with Crippen molar-refractivity contribution in [1.82, 2.24) is 20.2 Å². The molecule has 2 rings (SSSR count). The summed E-state index contributed by atoms with van der Waals surface area (Å²) in [5.41, 5.74) is 1.92. The van der Waals surface area contributed by atoms with E-state index in [-0.39, 0.29) is 16.3 Å². The van der Waals surface area contributed by atoms with Crippen LogP contribution in [0.25, 0.3) is 11.4 Å². The van der Waals surface area contributed by atoms with Crippen molar-refractivity contribution < 1.29 is 18.0 Å². The van der Waals surface area contributed by atoms with Crippen molar-refractivity contribution in [2.45, 2.75) is 37.5 Å². The van der Waals surface area contributed by atoms with Crippen LogP contribution in [0, 0.1) is 0 Å². The Morgan fingerprint density at radius 3 is 2.35 bits per heavy atom. The van der Waals surface area contributed by atoms with Gasteiger partial charge in [-0.1, -0.05) is 56.8 Å². The zero-order chi connectivity index (χ0) is 19.5. The fraction of sp³-hybridized carbons (Fsp3) is 0.438. The number of rotatable bonds is 5. The summed E-state index contributed by atoms with van der Waals surface area (Å²) >= 11 is 0.914. The molecule has 0 aliphatic carbocycles. The lowest BCUT2D eigenvalue weighted by Crippen LogP contribution is -2.34. The van der Waals surface area contributed by atoms with E-state index in [0.717, 1.165) is 22.9 Å². The van der Waals surface area contributed by atoms with E-state index >= 15 is 0 Å². The summed E-state index contributed by atoms with van der Waals surface area (Å²) in [5.74, 6) is 5.35. The lowest BCUT2D eigenvalue weighted by molar-refractivity contribution is -0.136. The van der Waals surface area contributed by atoms with Gasteiger partial charge in [-0.15, -0.1) is 10.2 Å². The van der Waals surface area contributed by atoms with Crippen LogP contribution in [0.15, 0.2) is 29.4 Å². The standard InChI is InChI=1S/C16H20F3N5OS/c1-15(2,3)11-6-4-10(5-7-11)13-22-23-14(24(13)20)26-8-12(25)21-9-16(17,18)19/h4-7H,8-9,20H2,1-3H3,(H,21,25). The predicted octanol–water partition coefficient (Wildman–Crippen LogP) is 2.73. The number of nitrogens with zero attached hydrogens (tertiary/aromatic N) is 3. The van der Waals surface area contributed by atoms with Gasteiger partial charge in [0.2, 0.25) is 11.1 Å². The SMILES string of the molecule is CC(C)(C)c1ccc(-c2nnc(SCC(=O)NCC(F)(F)F)n2N)cc1. The van der Waals surface area contributed by atoms with Gasteiger partial charge < -0.3 is 11.2 Å². The van der Waals surface area contributed by atoms with Crippen LogP contribution in [0.1, 0.15) is 26.3 Å². The molecular formula is C16H20F3N5OS. The quantitative estimate of drug-likeness (QED) is 0.609. The number of thioether (sulfide) groups is 1. The first-order valence-electron chi connectivity index (χ1n) is 7.75. The van der Waals surface area contributed by atoms with Crippen LogP contribution in [0.3, 0.4) is 0 Å². The van der Waals surface area contributed by atoms with Crippen LogP contribution in [0.5, 0.6) is 0 Å². The van der Waals surface area contributed by atoms with Gasteiger partial charge in [-0.3, -0.25) is 4.79 Å². The third kappa shape index (κ3) is 5.38. The molecule has 0 unspecified atom stereocenters. The number of alkyl halides is 3. The first kappa shape index (κ1) is 20.1. The maximum Gasteiger partial charge on any atom is 0.405 e. The Balaban J connectivity index is 2.02. The third-order valence-electron chi connectivity index (χ3n) is 3.49. The van der Waals surface area contributed by atoms with Gasteiger partial charge in [0.05, 0.1) is 5.75 Å². The van der Waals surface area contributed by atoms with Gasteiger partial charge in [0.25, 0.3) is 0 Å². The van der Waals surface area contributed by atoms with E-state index in [4.69, 9.17) is 5.84 Å². The summed E-state index contributed by atoms with van der Waals surface area (Å²) in [7, 11) is 0. The topological polar surface area (TPSA) is 85.8 Å². The van der Waals surface area contributed by atoms with Crippen molar-refractivity contribution in [2.75, 3.05) is 18.1 Å². The second kappa shape index (κ2) is 7.56. The van der Waals surface area contributed by atoms with Crippen molar-refractivity contribution in [2.24, 2.45) is 0 Å². The second-order valence-corrected chi connectivity index (χ2v) is 7.63. The number of halogens is 3. The highest BCUT2D eigenvalue weighted by atomic mass is 32.2. The normalized spacial score (nSPS) is 12.2. The molecule has 0 spiro atoms. The smallest absolute Gasteiger partial charge is 0.346 e. The highest BCUT2D eigenvalue weighted by Gasteiger charge is 2.27. The minimum Gasteiger partial charge on any atom is -0.346 e. The third-order valence-corrected chi connectivity index (χ3v) is 4.44. The van der Waals surface area contributed by atoms with E-state index < -0.39 is 18.6 Å². The van der Waals surface area contributed by atoms with Gasteiger partial charge in [-0.25, -0.2) is 4.68 Å². The molecule has 3 N–H and O–H groups in total. The molecule has 0 aliphatic heterocycles. The van der Waals surface area contributed by atoms with Crippen LogP contribution in [-0.4, -0.2) is 39.3 Å². The van der Waals surface area contributed by atoms with Crippen molar-refractivity contribution in [1.29, 1.82) is 0 Å². The maximum atomic E-state index is 12.1. The van der Waals surface area contributed by atoms with Crippen molar-refractivity contribution in [3.63, 3.8) is 0 Å². The van der Waals surface area contributed by atoms with Gasteiger partial charge in [0.1, 0.15) is 6.54 Å². The summed E-state index contributed by atoms with van der Waals surface area (Å²) in [6.07, 6.45) is -4.44. The summed E-state index contributed by atoms with van der Waals surface area (Å²) in [6, 6.07) is 7.69. The Kier molecular flexibility index (Phi) is 5.84. The summed E-state index contributed by atoms with van der Waals surface area (Å²) in [5, 5.41) is 9.92. The molecule has 142 valence electrons. The maximum absolute atomic E-state index is 12.1. The number of nitrogens with one attached hydrogen (secondary N) is 1. The number of hydrogen-bond donors (Lipinski definition) is 2. The van der Waals surface area contributed by atoms with Crippen LogP contribution < -0.4 is 11.2 Å². The van der Waals surface area contributed by atoms with E-state index in [1.54, 1.807) is 5.32 Å². The first-order chi connectivity index (χ1) is 12.0. The number of nitrogen functional groups attached to an aromatic ring is 1. The fourth-order valence-corrected chi connectivity index (χ4v) is 2.76. The van der Waals surface area contributed by atoms with E-state index in [9.17, 15) is 18.0 Å². The van der Waals surface area contributed by atoms with Crippen LogP contribution in [-0.2, 0) is 10.2 Å². The molecule has 1 heterocycles. The van der Waals surface area contributed by atoms with Gasteiger partial charge in [0, 0.05) is 5.56 Å². The average molecular weight is 387 g/mol. The van der Waals surface area contributed by atoms with Crippen LogP contribution >= 0.6 is 11.8 Å². The molecule has 0 radical (unpaired) electrons. The number of nitrogens with two attached hydrogens (primary N) is 1. The number of aromatic nitrogens is 3. The Bertz CT molecular complexity index is 766. The second-order valence-electron chi connectivity index (χ2n) is 6.68. The molecule has 0 bridgehead atoms. The minimum absolute atomic E-state index is 0.0136. The number of hydrogen-bond acceptors (Lipinski definition) is 5. The molecule has 0 saturated heterocycles. The Morgan fingerprint density at radius 1 is 1.19 bits per heavy atom. The summed E-state index contributed by atoms with van der Waals surface area (Å²) in [4.78, 5) is 11.5. The molecule has 1 amide bonds. The van der Waals surface area contributed by atoms with Crippen molar-refractivity contribution >= 4 is 17.7 Å². The molecule has 2 aromatic rings. The summed E-state index contributed by atoms with van der Waals surface area (Å²) in [6.45, 7) is 4.94. The van der Waals surface area contributed by atoms with E-state index in [1.165, 1.54) is 4.68 Å². The minimum atomic E-state index is -4.44. The fourth-order valence-electron chi connectivity index (χ4n) is 2.07. The molecule has 0 atom stereocenters. The molecule has 1 aromatic heterocycles. The first-order valence-corrected chi connectivity index (χ1v) is 8.73. The average Bonchev–Trinajstić information content (AvgIpc) is 2.90. The van der Waals surface area contributed by atoms with Crippen LogP contribution in [0.4, 0.5) is 13.2 Å². The van der Waals surface area contributed by atoms with Crippen LogP contribution in [0.2, 0.25) is 0 Å². The van der Waals surface area contributed by atoms with Crippen molar-refractivity contribution in [3.05, 3.63) is 29.8 Å². The highest BCUT2D eigenvalue weighted by molar-refractivity contribution is 7.99. The molecule has 6 nitrogen and oxygen atoms in total. The Morgan fingerprint density at radius 2 is 1.81 bits per heavy atom. The number of carbonyl (C=O) groups is 1. The number of carbonyl (C=O) groups excluding carboxylic acids is 1. The van der Waals surface area contributed by atoms with E-state index in [0.29, 0.717) is 5.82 Å². The van der Waals surface area contributed by atoms with Crippen molar-refractivity contribution in [3.8, 4) is 11.4 Å². The number of benzene rings is 1. The highest BCUT2D eigenvalue weighted by Crippen LogP contribution is 2.26. The largest absolute Gasteiger partial charge is 0.405 e. The molecule has 0 fully saturated rings. The van der Waals surface area contributed by atoms with E-state index in [2.05, 4.69) is 31.0 Å². The monoisotopic (exact) mass is 387 g/mol. The Hall–Kier alpha value is -2.23. The van der Waals surface area contributed by atoms with E-state index in [1.807, 2.05) is 24.3 Å². The molecule has 26 heavy (non-hydrogen) atoms. The van der Waals surface area contributed by atoms with Gasteiger partial charge in [-0.2, -0.15) is 13.2 Å². The Labute approximate surface area is 153 Å². The molecule has 0 aliphatic rings.